The highest BCUT2D eigenvalue weighted by atomic mass is 16.5. The lowest BCUT2D eigenvalue weighted by molar-refractivity contribution is 0.393. The quantitative estimate of drug-likeness (QED) is 0.459. The number of aromatic amines is 1. The molecule has 0 amide bonds. The summed E-state index contributed by atoms with van der Waals surface area (Å²) in [6.45, 7) is 0. The van der Waals surface area contributed by atoms with Gasteiger partial charge in [-0.15, -0.1) is 0 Å². The maximum absolute atomic E-state index is 5.34. The van der Waals surface area contributed by atoms with E-state index in [9.17, 15) is 0 Å². The zero-order valence-electron chi connectivity index (χ0n) is 17.1. The Labute approximate surface area is 174 Å². The first-order valence-electron chi connectivity index (χ1n) is 9.50. The number of benzene rings is 2. The van der Waals surface area contributed by atoms with Gasteiger partial charge in [0.2, 0.25) is 0 Å². The fraction of sp³-hybridized carbons (Fsp3) is 0.227. The fourth-order valence-electron chi connectivity index (χ4n) is 3.23. The number of methoxy groups -OCH3 is 3. The summed E-state index contributed by atoms with van der Waals surface area (Å²) in [4.78, 5) is 8.66. The lowest BCUT2D eigenvalue weighted by atomic mass is 10.1. The summed E-state index contributed by atoms with van der Waals surface area (Å²) in [6.07, 6.45) is 3.14. The number of H-pyrrole nitrogens is 1. The SMILES string of the molecule is COc1cc(CCc2cc(Nc3ncnc4cc(OC)ccc34)n[nH]2)cc(OC)c1. The lowest BCUT2D eigenvalue weighted by Crippen LogP contribution is -1.96. The van der Waals surface area contributed by atoms with E-state index < -0.39 is 0 Å². The molecule has 4 aromatic rings. The van der Waals surface area contributed by atoms with Crippen LogP contribution < -0.4 is 19.5 Å². The highest BCUT2D eigenvalue weighted by Crippen LogP contribution is 2.26. The number of nitrogens with one attached hydrogen (secondary N) is 2. The molecule has 0 radical (unpaired) electrons. The third-order valence-corrected chi connectivity index (χ3v) is 4.82. The van der Waals surface area contributed by atoms with E-state index in [1.54, 1.807) is 21.3 Å². The van der Waals surface area contributed by atoms with Gasteiger partial charge in [-0.25, -0.2) is 9.97 Å². The minimum absolute atomic E-state index is 0.693. The van der Waals surface area contributed by atoms with Crippen molar-refractivity contribution < 1.29 is 14.2 Å². The topological polar surface area (TPSA) is 94.2 Å². The van der Waals surface area contributed by atoms with Gasteiger partial charge >= 0.3 is 0 Å². The van der Waals surface area contributed by atoms with Crippen molar-refractivity contribution in [3.05, 3.63) is 60.0 Å². The number of anilines is 2. The molecule has 30 heavy (non-hydrogen) atoms. The molecule has 8 heteroatoms. The van der Waals surface area contributed by atoms with Crippen molar-refractivity contribution in [3.63, 3.8) is 0 Å². The van der Waals surface area contributed by atoms with Gasteiger partial charge in [0.15, 0.2) is 5.82 Å². The van der Waals surface area contributed by atoms with E-state index in [1.807, 2.05) is 42.5 Å². The van der Waals surface area contributed by atoms with Gasteiger partial charge in [-0.1, -0.05) is 0 Å². The van der Waals surface area contributed by atoms with E-state index >= 15 is 0 Å². The summed E-state index contributed by atoms with van der Waals surface area (Å²) >= 11 is 0. The molecular weight excluding hydrogens is 382 g/mol. The maximum atomic E-state index is 5.34. The van der Waals surface area contributed by atoms with Crippen LogP contribution in [0.4, 0.5) is 11.6 Å². The molecule has 0 atom stereocenters. The van der Waals surface area contributed by atoms with E-state index in [0.717, 1.165) is 52.3 Å². The van der Waals surface area contributed by atoms with E-state index in [-0.39, 0.29) is 0 Å². The standard InChI is InChI=1S/C22H23N5O3/c1-28-16-6-7-19-20(12-16)23-13-24-22(19)25-21-10-15(26-27-21)5-4-14-8-17(29-2)11-18(9-14)30-3/h6-13H,4-5H2,1-3H3,(H2,23,24,25,26,27). The monoisotopic (exact) mass is 405 g/mol. The predicted octanol–water partition coefficient (Wildman–Crippen LogP) is 3.91. The number of nitrogens with zero attached hydrogens (tertiary/aromatic N) is 3. The average molecular weight is 405 g/mol. The zero-order chi connectivity index (χ0) is 20.9. The van der Waals surface area contributed by atoms with Crippen LogP contribution in [-0.4, -0.2) is 41.5 Å². The first kappa shape index (κ1) is 19.5. The molecule has 0 saturated heterocycles. The zero-order valence-corrected chi connectivity index (χ0v) is 17.1. The van der Waals surface area contributed by atoms with Crippen LogP contribution in [0.2, 0.25) is 0 Å². The van der Waals surface area contributed by atoms with Crippen LogP contribution in [0.5, 0.6) is 17.2 Å². The van der Waals surface area contributed by atoms with Gasteiger partial charge in [-0.3, -0.25) is 5.10 Å². The summed E-state index contributed by atoms with van der Waals surface area (Å²) in [5, 5.41) is 11.6. The molecule has 2 N–H and O–H groups in total. The molecule has 0 aliphatic heterocycles. The van der Waals surface area contributed by atoms with Crippen molar-refractivity contribution in [1.82, 2.24) is 20.2 Å². The Balaban J connectivity index is 1.47. The maximum Gasteiger partial charge on any atom is 0.153 e. The number of ether oxygens (including phenoxy) is 3. The van der Waals surface area contributed by atoms with Gasteiger partial charge in [-0.2, -0.15) is 5.10 Å². The minimum atomic E-state index is 0.693. The largest absolute Gasteiger partial charge is 0.497 e. The van der Waals surface area contributed by atoms with Gasteiger partial charge in [-0.05, 0) is 42.7 Å². The molecule has 0 unspecified atom stereocenters. The number of rotatable bonds is 8. The molecule has 2 heterocycles. The highest BCUT2D eigenvalue weighted by molar-refractivity contribution is 5.91. The molecule has 0 bridgehead atoms. The Morgan fingerprint density at radius 2 is 1.60 bits per heavy atom. The van der Waals surface area contributed by atoms with Crippen LogP contribution in [0, 0.1) is 0 Å². The molecule has 0 fully saturated rings. The highest BCUT2D eigenvalue weighted by Gasteiger charge is 2.09. The summed E-state index contributed by atoms with van der Waals surface area (Å²) in [7, 11) is 4.94. The third kappa shape index (κ3) is 4.27. The second-order valence-corrected chi connectivity index (χ2v) is 6.73. The summed E-state index contributed by atoms with van der Waals surface area (Å²) in [5.74, 6) is 3.71. The molecule has 8 nitrogen and oxygen atoms in total. The van der Waals surface area contributed by atoms with E-state index in [2.05, 4.69) is 25.5 Å². The first-order chi connectivity index (χ1) is 14.7. The van der Waals surface area contributed by atoms with Gasteiger partial charge in [0, 0.05) is 29.3 Å². The van der Waals surface area contributed by atoms with E-state index in [0.29, 0.717) is 11.6 Å². The van der Waals surface area contributed by atoms with Gasteiger partial charge < -0.3 is 19.5 Å². The fourth-order valence-corrected chi connectivity index (χ4v) is 3.23. The number of hydrogen-bond donors (Lipinski definition) is 2. The van der Waals surface area contributed by atoms with E-state index in [4.69, 9.17) is 14.2 Å². The van der Waals surface area contributed by atoms with Crippen LogP contribution in [0.1, 0.15) is 11.3 Å². The molecule has 4 rings (SSSR count). The first-order valence-corrected chi connectivity index (χ1v) is 9.50. The number of hydrogen-bond acceptors (Lipinski definition) is 7. The summed E-state index contributed by atoms with van der Waals surface area (Å²) < 4.78 is 15.9. The molecule has 0 aliphatic rings. The van der Waals surface area contributed by atoms with Crippen molar-refractivity contribution in [1.29, 1.82) is 0 Å². The van der Waals surface area contributed by atoms with Crippen LogP contribution in [0.25, 0.3) is 10.9 Å². The minimum Gasteiger partial charge on any atom is -0.497 e. The molecular formula is C22H23N5O3. The van der Waals surface area contributed by atoms with Crippen molar-refractivity contribution in [2.75, 3.05) is 26.6 Å². The number of fused-ring (bicyclic) bond motifs is 1. The molecule has 0 saturated carbocycles. The van der Waals surface area contributed by atoms with E-state index in [1.165, 1.54) is 6.33 Å². The Hall–Kier alpha value is -3.81. The van der Waals surface area contributed by atoms with Gasteiger partial charge in [0.1, 0.15) is 29.4 Å². The molecule has 2 aromatic heterocycles. The number of aryl methyl sites for hydroxylation is 2. The predicted molar refractivity (Wildman–Crippen MR) is 115 cm³/mol. The normalized spacial score (nSPS) is 10.8. The molecule has 0 spiro atoms. The van der Waals surface area contributed by atoms with Crippen LogP contribution >= 0.6 is 0 Å². The second-order valence-electron chi connectivity index (χ2n) is 6.73. The second kappa shape index (κ2) is 8.69. The van der Waals surface area contributed by atoms with Crippen LogP contribution in [0.15, 0.2) is 48.8 Å². The van der Waals surface area contributed by atoms with Crippen molar-refractivity contribution in [2.24, 2.45) is 0 Å². The molecule has 2 aromatic carbocycles. The van der Waals surface area contributed by atoms with Crippen molar-refractivity contribution >= 4 is 22.5 Å². The van der Waals surface area contributed by atoms with Crippen LogP contribution in [0.3, 0.4) is 0 Å². The Morgan fingerprint density at radius 1 is 0.833 bits per heavy atom. The van der Waals surface area contributed by atoms with Crippen molar-refractivity contribution in [3.8, 4) is 17.2 Å². The Morgan fingerprint density at radius 3 is 2.33 bits per heavy atom. The van der Waals surface area contributed by atoms with Gasteiger partial charge in [0.25, 0.3) is 0 Å². The van der Waals surface area contributed by atoms with Crippen LogP contribution in [-0.2, 0) is 12.8 Å². The van der Waals surface area contributed by atoms with Gasteiger partial charge in [0.05, 0.1) is 26.8 Å². The molecule has 0 aliphatic carbocycles. The average Bonchev–Trinajstić information content (AvgIpc) is 3.24. The Bertz CT molecular complexity index is 1140. The molecule has 154 valence electrons. The lowest BCUT2D eigenvalue weighted by Gasteiger charge is -2.08. The smallest absolute Gasteiger partial charge is 0.153 e. The number of aromatic nitrogens is 4. The summed E-state index contributed by atoms with van der Waals surface area (Å²) in [6, 6.07) is 13.6. The Kier molecular flexibility index (Phi) is 5.65. The van der Waals surface area contributed by atoms with Crippen molar-refractivity contribution in [2.45, 2.75) is 12.8 Å². The third-order valence-electron chi connectivity index (χ3n) is 4.82. The summed E-state index contributed by atoms with van der Waals surface area (Å²) in [5.41, 5.74) is 2.94.